The number of carbonyl (C=O) groups excluding carboxylic acids is 1. The normalized spacial score (nSPS) is 11.0. The number of aryl methyl sites for hydroxylation is 4. The van der Waals surface area contributed by atoms with E-state index < -0.39 is 6.09 Å². The summed E-state index contributed by atoms with van der Waals surface area (Å²) < 4.78 is 4.91. The summed E-state index contributed by atoms with van der Waals surface area (Å²) >= 11 is 0. The van der Waals surface area contributed by atoms with Gasteiger partial charge in [0.15, 0.2) is 0 Å². The number of benzene rings is 2. The van der Waals surface area contributed by atoms with Crippen molar-refractivity contribution in [3.8, 4) is 0 Å². The first-order chi connectivity index (χ1) is 17.5. The van der Waals surface area contributed by atoms with Crippen LogP contribution in [0.1, 0.15) is 72.6 Å². The van der Waals surface area contributed by atoms with Crippen LogP contribution in [0.2, 0.25) is 0 Å². The number of ether oxygens (including phenoxy) is 1. The first-order valence-corrected chi connectivity index (χ1v) is 13.0. The van der Waals surface area contributed by atoms with Gasteiger partial charge in [-0.3, -0.25) is 5.32 Å². The van der Waals surface area contributed by atoms with E-state index in [4.69, 9.17) is 10.5 Å². The molecule has 2 aromatic carbocycles. The number of nitrogen functional groups attached to an aromatic ring is 1. The van der Waals surface area contributed by atoms with Crippen molar-refractivity contribution in [2.75, 3.05) is 17.7 Å². The van der Waals surface area contributed by atoms with Crippen molar-refractivity contribution in [3.63, 3.8) is 0 Å². The Labute approximate surface area is 220 Å². The number of fused-ring (bicyclic) bond motifs is 2. The molecule has 0 saturated carbocycles. The molecule has 0 bridgehead atoms. The lowest BCUT2D eigenvalue weighted by atomic mass is 9.86. The summed E-state index contributed by atoms with van der Waals surface area (Å²) in [6, 6.07) is 6.13. The number of hydrogen-bond acceptors (Lipinski definition) is 5. The topological polar surface area (TPSA) is 90.1 Å². The highest BCUT2D eigenvalue weighted by Gasteiger charge is 2.16. The second-order valence-corrected chi connectivity index (χ2v) is 9.81. The number of aromatic nitrogens is 2. The highest BCUT2D eigenvalue weighted by molar-refractivity contribution is 6.00. The summed E-state index contributed by atoms with van der Waals surface area (Å²) in [5.41, 5.74) is 15.2. The van der Waals surface area contributed by atoms with Gasteiger partial charge in [0.1, 0.15) is 11.6 Å². The molecule has 2 aromatic heterocycles. The maximum Gasteiger partial charge on any atom is 0.412 e. The summed E-state index contributed by atoms with van der Waals surface area (Å²) in [6.45, 7) is 19.5. The Morgan fingerprint density at radius 3 is 2.19 bits per heavy atom. The van der Waals surface area contributed by atoms with Gasteiger partial charge < -0.3 is 10.5 Å². The van der Waals surface area contributed by atoms with Gasteiger partial charge in [-0.25, -0.2) is 14.8 Å². The van der Waals surface area contributed by atoms with Crippen LogP contribution in [-0.4, -0.2) is 22.7 Å². The second kappa shape index (κ2) is 11.6. The van der Waals surface area contributed by atoms with Crippen molar-refractivity contribution in [2.24, 2.45) is 0 Å². The summed E-state index contributed by atoms with van der Waals surface area (Å²) in [5, 5.41) is 7.13. The second-order valence-electron chi connectivity index (χ2n) is 9.81. The van der Waals surface area contributed by atoms with Crippen molar-refractivity contribution in [2.45, 2.75) is 74.7 Å². The third kappa shape index (κ3) is 5.53. The standard InChI is InChI=1S/C16H20N2O2.C15H20N2/c1-5-12-10(3)9-14-13(11(12)4)7-8-17-15(14)18-16(19)20-6-2;1-8(2)13-9(3)10(4)14-12(11(13)5)6-7-17-15(14)16/h7-9H,5-6H2,1-4H3,(H,17,18,19);6-8H,1-5H3,(H2,16,17). The Kier molecular flexibility index (Phi) is 8.74. The SMILES string of the molecule is CCOC(=O)Nc1nccc2c(C)c(CC)c(C)cc12.Cc1c(C(C)C)c(C)c2ccnc(N)c2c1C. The molecular weight excluding hydrogens is 460 g/mol. The first kappa shape index (κ1) is 27.9. The Balaban J connectivity index is 0.000000208. The van der Waals surface area contributed by atoms with E-state index in [9.17, 15) is 4.79 Å². The van der Waals surface area contributed by atoms with Crippen LogP contribution in [0.4, 0.5) is 16.4 Å². The minimum Gasteiger partial charge on any atom is -0.450 e. The minimum absolute atomic E-state index is 0.342. The van der Waals surface area contributed by atoms with Crippen LogP contribution >= 0.6 is 0 Å². The third-order valence-corrected chi connectivity index (χ3v) is 7.24. The van der Waals surface area contributed by atoms with Crippen molar-refractivity contribution >= 4 is 39.3 Å². The zero-order valence-corrected chi connectivity index (χ0v) is 23.7. The van der Waals surface area contributed by atoms with Gasteiger partial charge in [-0.15, -0.1) is 0 Å². The summed E-state index contributed by atoms with van der Waals surface area (Å²) in [5.74, 6) is 1.73. The smallest absolute Gasteiger partial charge is 0.412 e. The predicted molar refractivity (Wildman–Crippen MR) is 156 cm³/mol. The number of anilines is 2. The quantitative estimate of drug-likeness (QED) is 0.298. The fourth-order valence-corrected chi connectivity index (χ4v) is 5.48. The van der Waals surface area contributed by atoms with Crippen molar-refractivity contribution in [3.05, 3.63) is 69.5 Å². The summed E-state index contributed by atoms with van der Waals surface area (Å²) in [6.07, 6.45) is 4.04. The Morgan fingerprint density at radius 1 is 0.919 bits per heavy atom. The van der Waals surface area contributed by atoms with Gasteiger partial charge in [0.05, 0.1) is 6.61 Å². The number of nitrogens with zero attached hydrogens (tertiary/aromatic N) is 2. The zero-order chi connectivity index (χ0) is 27.4. The predicted octanol–water partition coefficient (Wildman–Crippen LogP) is 7.85. The molecule has 0 spiro atoms. The van der Waals surface area contributed by atoms with Crippen molar-refractivity contribution < 1.29 is 9.53 Å². The summed E-state index contributed by atoms with van der Waals surface area (Å²) in [7, 11) is 0. The molecule has 0 aliphatic heterocycles. The molecule has 0 fully saturated rings. The molecule has 4 rings (SSSR count). The number of pyridine rings is 2. The Hall–Kier alpha value is -3.67. The molecule has 6 nitrogen and oxygen atoms in total. The van der Waals surface area contributed by atoms with E-state index in [0.29, 0.717) is 24.2 Å². The lowest BCUT2D eigenvalue weighted by molar-refractivity contribution is 0.168. The van der Waals surface area contributed by atoms with Gasteiger partial charge in [0.2, 0.25) is 0 Å². The molecule has 2 heterocycles. The molecule has 0 aliphatic carbocycles. The van der Waals surface area contributed by atoms with Crippen LogP contribution in [-0.2, 0) is 11.2 Å². The summed E-state index contributed by atoms with van der Waals surface area (Å²) in [4.78, 5) is 20.0. The van der Waals surface area contributed by atoms with Crippen molar-refractivity contribution in [1.82, 2.24) is 9.97 Å². The molecule has 6 heteroatoms. The number of nitrogens with two attached hydrogens (primary N) is 1. The maximum atomic E-state index is 11.6. The van der Waals surface area contributed by atoms with Gasteiger partial charge in [-0.1, -0.05) is 20.8 Å². The molecule has 4 aromatic rings. The van der Waals surface area contributed by atoms with Gasteiger partial charge in [0, 0.05) is 23.2 Å². The van der Waals surface area contributed by atoms with Crippen LogP contribution in [0.3, 0.4) is 0 Å². The molecule has 0 unspecified atom stereocenters. The largest absolute Gasteiger partial charge is 0.450 e. The van der Waals surface area contributed by atoms with Crippen LogP contribution in [0.15, 0.2) is 30.6 Å². The van der Waals surface area contributed by atoms with E-state index in [-0.39, 0.29) is 0 Å². The number of nitrogens with one attached hydrogen (secondary N) is 1. The van der Waals surface area contributed by atoms with Crippen LogP contribution in [0.25, 0.3) is 21.5 Å². The third-order valence-electron chi connectivity index (χ3n) is 7.24. The first-order valence-electron chi connectivity index (χ1n) is 13.0. The van der Waals surface area contributed by atoms with Gasteiger partial charge in [-0.05, 0) is 122 Å². The van der Waals surface area contributed by atoms with Gasteiger partial charge in [-0.2, -0.15) is 0 Å². The highest BCUT2D eigenvalue weighted by Crippen LogP contribution is 2.35. The molecule has 1 amide bonds. The Morgan fingerprint density at radius 2 is 1.57 bits per heavy atom. The molecular formula is C31H40N4O2. The fourth-order valence-electron chi connectivity index (χ4n) is 5.48. The van der Waals surface area contributed by atoms with Crippen LogP contribution in [0.5, 0.6) is 0 Å². The van der Waals surface area contributed by atoms with E-state index >= 15 is 0 Å². The minimum atomic E-state index is -0.470. The van der Waals surface area contributed by atoms with E-state index in [2.05, 4.69) is 82.8 Å². The number of amides is 1. The van der Waals surface area contributed by atoms with E-state index in [1.54, 1.807) is 19.3 Å². The van der Waals surface area contributed by atoms with Crippen molar-refractivity contribution in [1.29, 1.82) is 0 Å². The monoisotopic (exact) mass is 500 g/mol. The molecule has 0 radical (unpaired) electrons. The molecule has 37 heavy (non-hydrogen) atoms. The van der Waals surface area contributed by atoms with Crippen LogP contribution in [0, 0.1) is 34.6 Å². The zero-order valence-electron chi connectivity index (χ0n) is 23.7. The van der Waals surface area contributed by atoms with Crippen LogP contribution < -0.4 is 11.1 Å². The number of hydrogen-bond donors (Lipinski definition) is 2. The van der Waals surface area contributed by atoms with E-state index in [0.717, 1.165) is 22.6 Å². The average molecular weight is 501 g/mol. The molecule has 196 valence electrons. The molecule has 3 N–H and O–H groups in total. The molecule has 0 saturated heterocycles. The van der Waals surface area contributed by atoms with E-state index in [1.165, 1.54) is 44.3 Å². The molecule has 0 aliphatic rings. The molecule has 0 atom stereocenters. The average Bonchev–Trinajstić information content (AvgIpc) is 2.84. The van der Waals surface area contributed by atoms with Gasteiger partial charge in [0.25, 0.3) is 0 Å². The van der Waals surface area contributed by atoms with Gasteiger partial charge >= 0.3 is 6.09 Å². The maximum absolute atomic E-state index is 11.6. The fraction of sp³-hybridized carbons (Fsp3) is 0.387. The lowest BCUT2D eigenvalue weighted by Crippen LogP contribution is -2.14. The lowest BCUT2D eigenvalue weighted by Gasteiger charge is -2.19. The van der Waals surface area contributed by atoms with E-state index in [1.807, 2.05) is 6.07 Å². The highest BCUT2D eigenvalue weighted by atomic mass is 16.5. The number of carbonyl (C=O) groups is 1. The Bertz CT molecular complexity index is 1460. The number of rotatable bonds is 4.